The molecule has 3 rings (SSSR count). The number of nitrogens with zero attached hydrogens (tertiary/aromatic N) is 1. The third-order valence-corrected chi connectivity index (χ3v) is 4.61. The van der Waals surface area contributed by atoms with Crippen molar-refractivity contribution in [3.05, 3.63) is 53.3 Å². The van der Waals surface area contributed by atoms with E-state index in [2.05, 4.69) is 15.6 Å². The second kappa shape index (κ2) is 14.1. The maximum Gasteiger partial charge on any atom is 0.195 e. The highest BCUT2D eigenvalue weighted by Gasteiger charge is 2.16. The second-order valence-electron chi connectivity index (χ2n) is 7.02. The molecule has 2 N–H and O–H groups in total. The first-order valence-electron chi connectivity index (χ1n) is 10.5. The standard InChI is InChI=1S/C23H30FN3O4.HI/c1-3-25-23(27-20-6-4-7-21(14-20)30-11-5-10-28-2)26-9-8-17-12-19(24)13-18-15-29-16-31-22(17)18;/h4,6-7,12-14H,3,5,8-11,15-16H2,1-2H3,(H2,25,26,27);1H. The minimum Gasteiger partial charge on any atom is -0.493 e. The maximum absolute atomic E-state index is 13.9. The number of guanidine groups is 1. The van der Waals surface area contributed by atoms with Gasteiger partial charge in [-0.1, -0.05) is 6.07 Å². The van der Waals surface area contributed by atoms with Crippen LogP contribution in [-0.4, -0.2) is 46.2 Å². The Balaban J connectivity index is 0.00000363. The molecular weight excluding hydrogens is 528 g/mol. The van der Waals surface area contributed by atoms with Gasteiger partial charge in [-0.2, -0.15) is 0 Å². The van der Waals surface area contributed by atoms with Crippen LogP contribution in [0.15, 0.2) is 41.4 Å². The third-order valence-electron chi connectivity index (χ3n) is 4.61. The van der Waals surface area contributed by atoms with E-state index in [1.54, 1.807) is 7.11 Å². The lowest BCUT2D eigenvalue weighted by atomic mass is 10.1. The summed E-state index contributed by atoms with van der Waals surface area (Å²) in [6, 6.07) is 10.7. The minimum absolute atomic E-state index is 0. The zero-order valence-electron chi connectivity index (χ0n) is 18.5. The van der Waals surface area contributed by atoms with Crippen molar-refractivity contribution in [1.29, 1.82) is 0 Å². The van der Waals surface area contributed by atoms with Crippen molar-refractivity contribution in [2.45, 2.75) is 26.4 Å². The van der Waals surface area contributed by atoms with E-state index in [1.807, 2.05) is 31.2 Å². The van der Waals surface area contributed by atoms with E-state index >= 15 is 0 Å². The van der Waals surface area contributed by atoms with Gasteiger partial charge in [0.05, 0.1) is 13.2 Å². The Labute approximate surface area is 205 Å². The molecule has 0 aliphatic carbocycles. The number of rotatable bonds is 10. The SMILES string of the molecule is CCNC(=NCCc1cc(F)cc2c1OCOC2)Nc1cccc(OCCCOC)c1.I. The molecule has 176 valence electrons. The zero-order chi connectivity index (χ0) is 21.9. The van der Waals surface area contributed by atoms with Crippen molar-refractivity contribution in [3.8, 4) is 11.5 Å². The number of anilines is 1. The minimum atomic E-state index is -0.292. The monoisotopic (exact) mass is 559 g/mol. The summed E-state index contributed by atoms with van der Waals surface area (Å²) >= 11 is 0. The molecule has 1 aliphatic heterocycles. The Morgan fingerprint density at radius 1 is 1.22 bits per heavy atom. The molecule has 32 heavy (non-hydrogen) atoms. The van der Waals surface area contributed by atoms with E-state index < -0.39 is 0 Å². The maximum atomic E-state index is 13.9. The highest BCUT2D eigenvalue weighted by molar-refractivity contribution is 14.0. The first-order chi connectivity index (χ1) is 15.2. The number of benzene rings is 2. The summed E-state index contributed by atoms with van der Waals surface area (Å²) in [7, 11) is 1.68. The molecule has 0 aromatic heterocycles. The van der Waals surface area contributed by atoms with Crippen molar-refractivity contribution in [1.82, 2.24) is 5.32 Å². The average molecular weight is 559 g/mol. The molecule has 0 bridgehead atoms. The first kappa shape index (κ1) is 26.1. The van der Waals surface area contributed by atoms with Gasteiger partial charge in [-0.3, -0.25) is 4.99 Å². The topological polar surface area (TPSA) is 73.3 Å². The zero-order valence-corrected chi connectivity index (χ0v) is 20.8. The van der Waals surface area contributed by atoms with Gasteiger partial charge in [0, 0.05) is 50.5 Å². The molecule has 1 aliphatic rings. The van der Waals surface area contributed by atoms with Gasteiger partial charge >= 0.3 is 0 Å². The molecule has 9 heteroatoms. The number of hydrogen-bond donors (Lipinski definition) is 2. The molecule has 2 aromatic carbocycles. The van der Waals surface area contributed by atoms with E-state index in [9.17, 15) is 4.39 Å². The number of aliphatic imine (C=N–C) groups is 1. The van der Waals surface area contributed by atoms with Crippen LogP contribution in [-0.2, 0) is 22.5 Å². The Morgan fingerprint density at radius 3 is 2.91 bits per heavy atom. The van der Waals surface area contributed by atoms with Crippen LogP contribution in [0.2, 0.25) is 0 Å². The normalized spacial score (nSPS) is 12.9. The largest absolute Gasteiger partial charge is 0.493 e. The number of fused-ring (bicyclic) bond motifs is 1. The van der Waals surface area contributed by atoms with Crippen molar-refractivity contribution >= 4 is 35.6 Å². The molecule has 0 saturated carbocycles. The lowest BCUT2D eigenvalue weighted by Crippen LogP contribution is -2.31. The van der Waals surface area contributed by atoms with Gasteiger partial charge in [-0.15, -0.1) is 24.0 Å². The van der Waals surface area contributed by atoms with Crippen molar-refractivity contribution in [2.75, 3.05) is 45.5 Å². The molecule has 0 unspecified atom stereocenters. The van der Waals surface area contributed by atoms with Crippen LogP contribution in [0.4, 0.5) is 10.1 Å². The predicted octanol–water partition coefficient (Wildman–Crippen LogP) is 4.35. The van der Waals surface area contributed by atoms with Crippen molar-refractivity contribution in [3.63, 3.8) is 0 Å². The van der Waals surface area contributed by atoms with Crippen molar-refractivity contribution < 1.29 is 23.3 Å². The van der Waals surface area contributed by atoms with Gasteiger partial charge in [-0.05, 0) is 43.2 Å². The Kier molecular flexibility index (Phi) is 11.5. The van der Waals surface area contributed by atoms with Gasteiger partial charge < -0.3 is 29.6 Å². The lowest BCUT2D eigenvalue weighted by molar-refractivity contribution is -0.0172. The average Bonchev–Trinajstić information content (AvgIpc) is 2.77. The summed E-state index contributed by atoms with van der Waals surface area (Å²) in [5.74, 6) is 1.84. The van der Waals surface area contributed by atoms with E-state index in [0.717, 1.165) is 35.5 Å². The Morgan fingerprint density at radius 2 is 2.09 bits per heavy atom. The molecule has 2 aromatic rings. The van der Waals surface area contributed by atoms with E-state index in [4.69, 9.17) is 18.9 Å². The van der Waals surface area contributed by atoms with Crippen LogP contribution in [0, 0.1) is 5.82 Å². The summed E-state index contributed by atoms with van der Waals surface area (Å²) in [4.78, 5) is 4.63. The van der Waals surface area contributed by atoms with Crippen LogP contribution >= 0.6 is 24.0 Å². The smallest absolute Gasteiger partial charge is 0.195 e. The van der Waals surface area contributed by atoms with E-state index in [-0.39, 0.29) is 36.6 Å². The summed E-state index contributed by atoms with van der Waals surface area (Å²) in [6.07, 6.45) is 1.39. The summed E-state index contributed by atoms with van der Waals surface area (Å²) in [5, 5.41) is 6.52. The van der Waals surface area contributed by atoms with Gasteiger partial charge in [-0.25, -0.2) is 4.39 Å². The quantitative estimate of drug-likeness (QED) is 0.195. The van der Waals surface area contributed by atoms with Crippen LogP contribution in [0.1, 0.15) is 24.5 Å². The van der Waals surface area contributed by atoms with Gasteiger partial charge in [0.1, 0.15) is 17.3 Å². The number of hydrogen-bond acceptors (Lipinski definition) is 5. The van der Waals surface area contributed by atoms with Crippen molar-refractivity contribution in [2.24, 2.45) is 4.99 Å². The Hall–Kier alpha value is -2.11. The van der Waals surface area contributed by atoms with E-state index in [0.29, 0.717) is 44.5 Å². The molecule has 0 amide bonds. The molecule has 0 saturated heterocycles. The third kappa shape index (κ3) is 8.10. The molecule has 0 fully saturated rings. The van der Waals surface area contributed by atoms with Crippen LogP contribution in [0.25, 0.3) is 0 Å². The molecule has 0 spiro atoms. The van der Waals surface area contributed by atoms with Crippen LogP contribution < -0.4 is 20.1 Å². The summed E-state index contributed by atoms with van der Waals surface area (Å²) in [5.41, 5.74) is 2.40. The fourth-order valence-corrected chi connectivity index (χ4v) is 3.23. The highest BCUT2D eigenvalue weighted by Crippen LogP contribution is 2.29. The first-order valence-corrected chi connectivity index (χ1v) is 10.5. The van der Waals surface area contributed by atoms with Crippen LogP contribution in [0.3, 0.4) is 0 Å². The molecule has 7 nitrogen and oxygen atoms in total. The second-order valence-corrected chi connectivity index (χ2v) is 7.02. The number of nitrogens with one attached hydrogen (secondary N) is 2. The fourth-order valence-electron chi connectivity index (χ4n) is 3.23. The number of ether oxygens (including phenoxy) is 4. The van der Waals surface area contributed by atoms with Crippen LogP contribution in [0.5, 0.6) is 11.5 Å². The molecule has 0 atom stereocenters. The molecular formula is C23H31FIN3O4. The van der Waals surface area contributed by atoms with E-state index in [1.165, 1.54) is 12.1 Å². The van der Waals surface area contributed by atoms with Gasteiger partial charge in [0.15, 0.2) is 12.8 Å². The highest BCUT2D eigenvalue weighted by atomic mass is 127. The molecule has 1 heterocycles. The fraction of sp³-hybridized carbons (Fsp3) is 0.435. The van der Waals surface area contributed by atoms with Gasteiger partial charge in [0.25, 0.3) is 0 Å². The molecule has 0 radical (unpaired) electrons. The van der Waals surface area contributed by atoms with Gasteiger partial charge in [0.2, 0.25) is 0 Å². The summed E-state index contributed by atoms with van der Waals surface area (Å²) in [6.45, 7) is 5.00. The number of methoxy groups -OCH3 is 1. The summed E-state index contributed by atoms with van der Waals surface area (Å²) < 4.78 is 35.5. The lowest BCUT2D eigenvalue weighted by Gasteiger charge is -2.20. The number of halogens is 2. The Bertz CT molecular complexity index is 882. The predicted molar refractivity (Wildman–Crippen MR) is 134 cm³/mol.